The van der Waals surface area contributed by atoms with E-state index < -0.39 is 0 Å². The van der Waals surface area contributed by atoms with Crippen molar-refractivity contribution in [1.29, 1.82) is 5.26 Å². The lowest BCUT2D eigenvalue weighted by atomic mass is 10.0. The first-order valence-electron chi connectivity index (χ1n) is 9.44. The molecule has 6 nitrogen and oxygen atoms in total. The SMILES string of the molecule is N#Cc1ccc(-c2cccc(C(=O)Nc3ccccc3N3CCOCC3)c2)cn1. The number of anilines is 2. The highest BCUT2D eigenvalue weighted by atomic mass is 16.5. The molecule has 0 unspecified atom stereocenters. The van der Waals surface area contributed by atoms with Crippen LogP contribution in [0, 0.1) is 11.3 Å². The number of nitriles is 1. The standard InChI is InChI=1S/C23H20N4O2/c24-15-20-9-8-19(16-25-20)17-4-3-5-18(14-17)23(28)26-21-6-1-2-7-22(21)27-10-12-29-13-11-27/h1-9,14,16H,10-13H2,(H,26,28). The van der Waals surface area contributed by atoms with Crippen LogP contribution in [-0.2, 0) is 4.74 Å². The van der Waals surface area contributed by atoms with Gasteiger partial charge >= 0.3 is 0 Å². The van der Waals surface area contributed by atoms with Gasteiger partial charge in [0.1, 0.15) is 11.8 Å². The zero-order chi connectivity index (χ0) is 20.1. The number of para-hydroxylation sites is 2. The summed E-state index contributed by atoms with van der Waals surface area (Å²) in [4.78, 5) is 19.2. The summed E-state index contributed by atoms with van der Waals surface area (Å²) >= 11 is 0. The Morgan fingerprint density at radius 1 is 1.03 bits per heavy atom. The molecule has 0 aliphatic carbocycles. The Hall–Kier alpha value is -3.69. The van der Waals surface area contributed by atoms with Gasteiger partial charge in [0, 0.05) is 30.4 Å². The number of carbonyl (C=O) groups excluding carboxylic acids is 1. The third-order valence-electron chi connectivity index (χ3n) is 4.84. The van der Waals surface area contributed by atoms with Crippen LogP contribution in [-0.4, -0.2) is 37.2 Å². The molecular formula is C23H20N4O2. The van der Waals surface area contributed by atoms with Crippen LogP contribution in [0.15, 0.2) is 66.9 Å². The molecule has 2 heterocycles. The summed E-state index contributed by atoms with van der Waals surface area (Å²) in [6.07, 6.45) is 1.64. The zero-order valence-corrected chi connectivity index (χ0v) is 15.8. The van der Waals surface area contributed by atoms with E-state index in [1.807, 2.05) is 54.6 Å². The number of benzene rings is 2. The van der Waals surface area contributed by atoms with Crippen LogP contribution >= 0.6 is 0 Å². The molecule has 1 N–H and O–H groups in total. The summed E-state index contributed by atoms with van der Waals surface area (Å²) in [5, 5.41) is 11.9. The lowest BCUT2D eigenvalue weighted by molar-refractivity contribution is 0.102. The fourth-order valence-electron chi connectivity index (χ4n) is 3.32. The quantitative estimate of drug-likeness (QED) is 0.742. The van der Waals surface area contributed by atoms with Gasteiger partial charge in [0.05, 0.1) is 24.6 Å². The van der Waals surface area contributed by atoms with Crippen molar-refractivity contribution < 1.29 is 9.53 Å². The first-order chi connectivity index (χ1) is 14.2. The molecule has 1 amide bonds. The number of nitrogens with zero attached hydrogens (tertiary/aromatic N) is 3. The molecule has 0 radical (unpaired) electrons. The van der Waals surface area contributed by atoms with E-state index in [0.29, 0.717) is 24.5 Å². The number of hydrogen-bond acceptors (Lipinski definition) is 5. The van der Waals surface area contributed by atoms with Crippen LogP contribution in [0.2, 0.25) is 0 Å². The van der Waals surface area contributed by atoms with E-state index in [0.717, 1.165) is 35.6 Å². The Morgan fingerprint density at radius 2 is 1.86 bits per heavy atom. The van der Waals surface area contributed by atoms with Crippen LogP contribution in [0.4, 0.5) is 11.4 Å². The lowest BCUT2D eigenvalue weighted by Crippen LogP contribution is -2.36. The fourth-order valence-corrected chi connectivity index (χ4v) is 3.32. The van der Waals surface area contributed by atoms with Gasteiger partial charge in [0.15, 0.2) is 0 Å². The van der Waals surface area contributed by atoms with E-state index in [-0.39, 0.29) is 5.91 Å². The van der Waals surface area contributed by atoms with E-state index in [1.54, 1.807) is 18.3 Å². The minimum absolute atomic E-state index is 0.172. The molecule has 3 aromatic rings. The van der Waals surface area contributed by atoms with Crippen molar-refractivity contribution >= 4 is 17.3 Å². The highest BCUT2D eigenvalue weighted by Gasteiger charge is 2.16. The average Bonchev–Trinajstić information content (AvgIpc) is 2.80. The predicted molar refractivity (Wildman–Crippen MR) is 112 cm³/mol. The Bertz CT molecular complexity index is 1050. The smallest absolute Gasteiger partial charge is 0.255 e. The summed E-state index contributed by atoms with van der Waals surface area (Å²) in [6, 6.07) is 20.7. The predicted octanol–water partition coefficient (Wildman–Crippen LogP) is 3.71. The maximum Gasteiger partial charge on any atom is 0.255 e. The number of amides is 1. The monoisotopic (exact) mass is 384 g/mol. The maximum absolute atomic E-state index is 12.9. The highest BCUT2D eigenvalue weighted by molar-refractivity contribution is 6.06. The summed E-state index contributed by atoms with van der Waals surface area (Å²) in [5.41, 5.74) is 4.43. The van der Waals surface area contributed by atoms with Gasteiger partial charge in [-0.1, -0.05) is 24.3 Å². The number of pyridine rings is 1. The molecule has 144 valence electrons. The van der Waals surface area contributed by atoms with Crippen molar-refractivity contribution in [3.63, 3.8) is 0 Å². The second kappa shape index (κ2) is 8.55. The van der Waals surface area contributed by atoms with Crippen LogP contribution in [0.25, 0.3) is 11.1 Å². The summed E-state index contributed by atoms with van der Waals surface area (Å²) in [5.74, 6) is -0.172. The molecule has 0 saturated carbocycles. The van der Waals surface area contributed by atoms with E-state index in [9.17, 15) is 4.79 Å². The molecule has 1 saturated heterocycles. The average molecular weight is 384 g/mol. The van der Waals surface area contributed by atoms with Crippen molar-refractivity contribution in [3.05, 3.63) is 78.1 Å². The number of hydrogen-bond donors (Lipinski definition) is 1. The topological polar surface area (TPSA) is 78.2 Å². The van der Waals surface area contributed by atoms with E-state index in [1.165, 1.54) is 0 Å². The van der Waals surface area contributed by atoms with Crippen molar-refractivity contribution in [2.24, 2.45) is 0 Å². The van der Waals surface area contributed by atoms with Gasteiger partial charge in [0.25, 0.3) is 5.91 Å². The molecule has 1 aliphatic rings. The molecule has 0 bridgehead atoms. The van der Waals surface area contributed by atoms with Gasteiger partial charge in [-0.05, 0) is 42.0 Å². The summed E-state index contributed by atoms with van der Waals surface area (Å²) in [6.45, 7) is 2.97. The molecular weight excluding hydrogens is 364 g/mol. The van der Waals surface area contributed by atoms with Gasteiger partial charge in [-0.3, -0.25) is 4.79 Å². The van der Waals surface area contributed by atoms with Gasteiger partial charge in [0.2, 0.25) is 0 Å². The van der Waals surface area contributed by atoms with Crippen LogP contribution < -0.4 is 10.2 Å². The molecule has 1 aliphatic heterocycles. The Labute approximate surface area is 169 Å². The fraction of sp³-hybridized carbons (Fsp3) is 0.174. The molecule has 4 rings (SSSR count). The number of ether oxygens (including phenoxy) is 1. The second-order valence-corrected chi connectivity index (χ2v) is 6.70. The van der Waals surface area contributed by atoms with Gasteiger partial charge in [-0.15, -0.1) is 0 Å². The Morgan fingerprint density at radius 3 is 2.62 bits per heavy atom. The van der Waals surface area contributed by atoms with E-state index in [2.05, 4.69) is 15.2 Å². The number of nitrogens with one attached hydrogen (secondary N) is 1. The minimum Gasteiger partial charge on any atom is -0.378 e. The Kier molecular flexibility index (Phi) is 5.50. The van der Waals surface area contributed by atoms with Crippen molar-refractivity contribution in [2.75, 3.05) is 36.5 Å². The third kappa shape index (κ3) is 4.26. The Balaban J connectivity index is 1.56. The van der Waals surface area contributed by atoms with Crippen molar-refractivity contribution in [1.82, 2.24) is 4.98 Å². The highest BCUT2D eigenvalue weighted by Crippen LogP contribution is 2.27. The number of morpholine rings is 1. The summed E-state index contributed by atoms with van der Waals surface area (Å²) in [7, 11) is 0. The van der Waals surface area contributed by atoms with Crippen molar-refractivity contribution in [2.45, 2.75) is 0 Å². The molecule has 2 aromatic carbocycles. The molecule has 6 heteroatoms. The normalized spacial score (nSPS) is 13.6. The first-order valence-corrected chi connectivity index (χ1v) is 9.44. The third-order valence-corrected chi connectivity index (χ3v) is 4.84. The largest absolute Gasteiger partial charge is 0.378 e. The van der Waals surface area contributed by atoms with Gasteiger partial charge in [-0.2, -0.15) is 5.26 Å². The molecule has 0 atom stereocenters. The second-order valence-electron chi connectivity index (χ2n) is 6.70. The summed E-state index contributed by atoms with van der Waals surface area (Å²) < 4.78 is 5.43. The van der Waals surface area contributed by atoms with Gasteiger partial charge < -0.3 is 15.0 Å². The molecule has 0 spiro atoms. The maximum atomic E-state index is 12.9. The number of carbonyl (C=O) groups is 1. The van der Waals surface area contributed by atoms with Crippen LogP contribution in [0.1, 0.15) is 16.1 Å². The molecule has 1 fully saturated rings. The minimum atomic E-state index is -0.172. The zero-order valence-electron chi connectivity index (χ0n) is 15.8. The van der Waals surface area contributed by atoms with Crippen molar-refractivity contribution in [3.8, 4) is 17.2 Å². The lowest BCUT2D eigenvalue weighted by Gasteiger charge is -2.30. The first kappa shape index (κ1) is 18.7. The van der Waals surface area contributed by atoms with E-state index in [4.69, 9.17) is 10.00 Å². The van der Waals surface area contributed by atoms with Gasteiger partial charge in [-0.25, -0.2) is 4.98 Å². The molecule has 1 aromatic heterocycles. The molecule has 29 heavy (non-hydrogen) atoms. The van der Waals surface area contributed by atoms with E-state index >= 15 is 0 Å². The number of aromatic nitrogens is 1. The van der Waals surface area contributed by atoms with Crippen LogP contribution in [0.5, 0.6) is 0 Å². The number of rotatable bonds is 4. The van der Waals surface area contributed by atoms with Crippen LogP contribution in [0.3, 0.4) is 0 Å².